The number of nitrogens with one attached hydrogen (secondary N) is 1. The molecular formula is C19H11ClFN3O2. The summed E-state index contributed by atoms with van der Waals surface area (Å²) in [5.74, 6) is -0.907. The third-order valence-corrected chi connectivity index (χ3v) is 3.99. The first-order valence-electron chi connectivity index (χ1n) is 7.68. The van der Waals surface area contributed by atoms with Crippen LogP contribution < -0.4 is 5.32 Å². The van der Waals surface area contributed by atoms with Gasteiger partial charge in [-0.1, -0.05) is 35.0 Å². The second-order valence-electron chi connectivity index (χ2n) is 5.57. The predicted octanol–water partition coefficient (Wildman–Crippen LogP) is 4.93. The van der Waals surface area contributed by atoms with E-state index >= 15 is 0 Å². The number of fused-ring (bicyclic) bond motifs is 1. The molecule has 0 spiro atoms. The van der Waals surface area contributed by atoms with Crippen molar-refractivity contribution >= 4 is 34.1 Å². The number of amides is 1. The van der Waals surface area contributed by atoms with Gasteiger partial charge in [0.05, 0.1) is 11.2 Å². The third kappa shape index (κ3) is 3.14. The number of hydrogen-bond donors (Lipinski definition) is 1. The number of nitrogens with zero attached hydrogens (tertiary/aromatic N) is 2. The lowest BCUT2D eigenvalue weighted by Crippen LogP contribution is -2.11. The quantitative estimate of drug-likeness (QED) is 0.557. The zero-order chi connectivity index (χ0) is 18.1. The third-order valence-electron chi connectivity index (χ3n) is 3.77. The van der Waals surface area contributed by atoms with Crippen LogP contribution in [0.5, 0.6) is 0 Å². The molecule has 2 aromatic heterocycles. The molecule has 4 rings (SSSR count). The number of carbonyl (C=O) groups excluding carboxylic acids is 1. The average Bonchev–Trinajstić information content (AvgIpc) is 3.12. The minimum absolute atomic E-state index is 0.00619. The van der Waals surface area contributed by atoms with Gasteiger partial charge in [0, 0.05) is 28.2 Å². The second kappa shape index (κ2) is 6.57. The van der Waals surface area contributed by atoms with Gasteiger partial charge in [0.1, 0.15) is 11.5 Å². The zero-order valence-electron chi connectivity index (χ0n) is 13.2. The highest BCUT2D eigenvalue weighted by Gasteiger charge is 2.16. The molecule has 26 heavy (non-hydrogen) atoms. The Hall–Kier alpha value is -3.25. The molecule has 0 saturated carbocycles. The van der Waals surface area contributed by atoms with Crippen LogP contribution in [0.3, 0.4) is 0 Å². The molecule has 0 aliphatic carbocycles. The van der Waals surface area contributed by atoms with Crippen molar-refractivity contribution in [3.63, 3.8) is 0 Å². The summed E-state index contributed by atoms with van der Waals surface area (Å²) in [6.45, 7) is 0. The van der Waals surface area contributed by atoms with E-state index < -0.39 is 11.7 Å². The smallest absolute Gasteiger partial charge is 0.294 e. The monoisotopic (exact) mass is 367 g/mol. The Morgan fingerprint density at radius 3 is 2.85 bits per heavy atom. The van der Waals surface area contributed by atoms with Crippen LogP contribution in [0.25, 0.3) is 22.2 Å². The fourth-order valence-corrected chi connectivity index (χ4v) is 2.83. The zero-order valence-corrected chi connectivity index (χ0v) is 14.0. The number of rotatable bonds is 3. The highest BCUT2D eigenvalue weighted by Crippen LogP contribution is 2.27. The SMILES string of the molecule is O=C(Nc1cc(Cl)cc2cccnc12)c1cc(-c2cccc(F)c2)no1. The first kappa shape index (κ1) is 16.2. The maximum absolute atomic E-state index is 13.3. The van der Waals surface area contributed by atoms with Gasteiger partial charge in [0.2, 0.25) is 5.76 Å². The first-order chi connectivity index (χ1) is 12.6. The number of anilines is 1. The summed E-state index contributed by atoms with van der Waals surface area (Å²) in [5, 5.41) is 7.82. The summed E-state index contributed by atoms with van der Waals surface area (Å²) in [7, 11) is 0. The molecular weight excluding hydrogens is 357 g/mol. The molecule has 0 saturated heterocycles. The molecule has 0 atom stereocenters. The molecule has 0 unspecified atom stereocenters. The molecule has 2 heterocycles. The molecule has 128 valence electrons. The summed E-state index contributed by atoms with van der Waals surface area (Å²) in [4.78, 5) is 16.8. The van der Waals surface area contributed by atoms with Gasteiger partial charge in [-0.05, 0) is 30.3 Å². The van der Waals surface area contributed by atoms with Crippen molar-refractivity contribution in [3.05, 3.63) is 77.4 Å². The molecule has 0 radical (unpaired) electrons. The van der Waals surface area contributed by atoms with E-state index in [1.807, 2.05) is 6.07 Å². The number of pyridine rings is 1. The van der Waals surface area contributed by atoms with E-state index in [0.29, 0.717) is 27.5 Å². The van der Waals surface area contributed by atoms with Crippen molar-refractivity contribution in [1.29, 1.82) is 0 Å². The highest BCUT2D eigenvalue weighted by molar-refractivity contribution is 6.32. The van der Waals surface area contributed by atoms with E-state index in [2.05, 4.69) is 15.5 Å². The van der Waals surface area contributed by atoms with Crippen molar-refractivity contribution in [1.82, 2.24) is 10.1 Å². The van der Waals surface area contributed by atoms with Gasteiger partial charge in [-0.2, -0.15) is 0 Å². The fraction of sp³-hybridized carbons (Fsp3) is 0. The number of carbonyl (C=O) groups is 1. The van der Waals surface area contributed by atoms with Crippen molar-refractivity contribution in [2.45, 2.75) is 0 Å². The lowest BCUT2D eigenvalue weighted by Gasteiger charge is -2.07. The Morgan fingerprint density at radius 2 is 2.00 bits per heavy atom. The number of benzene rings is 2. The van der Waals surface area contributed by atoms with Gasteiger partial charge < -0.3 is 9.84 Å². The maximum atomic E-state index is 13.3. The van der Waals surface area contributed by atoms with Gasteiger partial charge in [0.25, 0.3) is 5.91 Å². The van der Waals surface area contributed by atoms with E-state index in [1.54, 1.807) is 36.5 Å². The van der Waals surface area contributed by atoms with E-state index in [1.165, 1.54) is 18.2 Å². The van der Waals surface area contributed by atoms with Crippen LogP contribution >= 0.6 is 11.6 Å². The van der Waals surface area contributed by atoms with E-state index in [4.69, 9.17) is 16.1 Å². The van der Waals surface area contributed by atoms with Crippen molar-refractivity contribution < 1.29 is 13.7 Å². The average molecular weight is 368 g/mol. The fourth-order valence-electron chi connectivity index (χ4n) is 2.60. The Morgan fingerprint density at radius 1 is 1.12 bits per heavy atom. The Kier molecular flexibility index (Phi) is 4.10. The summed E-state index contributed by atoms with van der Waals surface area (Å²) in [6.07, 6.45) is 1.63. The maximum Gasteiger partial charge on any atom is 0.294 e. The van der Waals surface area contributed by atoms with E-state index in [0.717, 1.165) is 5.39 Å². The molecule has 2 aromatic carbocycles. The molecule has 7 heteroatoms. The highest BCUT2D eigenvalue weighted by atomic mass is 35.5. The Balaban J connectivity index is 1.64. The summed E-state index contributed by atoms with van der Waals surface area (Å²) >= 11 is 6.10. The molecule has 0 fully saturated rings. The molecule has 0 aliphatic rings. The van der Waals surface area contributed by atoms with E-state index in [9.17, 15) is 9.18 Å². The van der Waals surface area contributed by atoms with Crippen LogP contribution in [0.2, 0.25) is 5.02 Å². The van der Waals surface area contributed by atoms with Crippen LogP contribution in [-0.4, -0.2) is 16.0 Å². The molecule has 5 nitrogen and oxygen atoms in total. The Bertz CT molecular complexity index is 1130. The van der Waals surface area contributed by atoms with Gasteiger partial charge >= 0.3 is 0 Å². The normalized spacial score (nSPS) is 10.8. The summed E-state index contributed by atoms with van der Waals surface area (Å²) in [6, 6.07) is 14.3. The molecule has 0 bridgehead atoms. The number of hydrogen-bond acceptors (Lipinski definition) is 4. The number of aromatic nitrogens is 2. The minimum atomic E-state index is -0.505. The molecule has 1 N–H and O–H groups in total. The van der Waals surface area contributed by atoms with Crippen LogP contribution in [0, 0.1) is 5.82 Å². The van der Waals surface area contributed by atoms with Gasteiger partial charge in [-0.3, -0.25) is 9.78 Å². The summed E-state index contributed by atoms with van der Waals surface area (Å²) < 4.78 is 18.4. The van der Waals surface area contributed by atoms with E-state index in [-0.39, 0.29) is 5.76 Å². The molecule has 1 amide bonds. The van der Waals surface area contributed by atoms with Crippen LogP contribution in [-0.2, 0) is 0 Å². The van der Waals surface area contributed by atoms with Crippen molar-refractivity contribution in [3.8, 4) is 11.3 Å². The lowest BCUT2D eigenvalue weighted by atomic mass is 10.1. The van der Waals surface area contributed by atoms with Gasteiger partial charge in [-0.15, -0.1) is 0 Å². The standard InChI is InChI=1S/C19H11ClFN3O2/c20-13-7-12-4-2-6-22-18(12)16(9-13)23-19(25)17-10-15(24-26-17)11-3-1-5-14(21)8-11/h1-10H,(H,23,25). The van der Waals surface area contributed by atoms with Crippen LogP contribution in [0.1, 0.15) is 10.6 Å². The number of halogens is 2. The largest absolute Gasteiger partial charge is 0.350 e. The first-order valence-corrected chi connectivity index (χ1v) is 8.06. The predicted molar refractivity (Wildman–Crippen MR) is 96.6 cm³/mol. The topological polar surface area (TPSA) is 68.0 Å². The van der Waals surface area contributed by atoms with Crippen molar-refractivity contribution in [2.24, 2.45) is 0 Å². The van der Waals surface area contributed by atoms with Crippen LogP contribution in [0.4, 0.5) is 10.1 Å². The lowest BCUT2D eigenvalue weighted by molar-refractivity contribution is 0.0988. The van der Waals surface area contributed by atoms with Gasteiger partial charge in [-0.25, -0.2) is 4.39 Å². The van der Waals surface area contributed by atoms with Gasteiger partial charge in [0.15, 0.2) is 0 Å². The van der Waals surface area contributed by atoms with Crippen molar-refractivity contribution in [2.75, 3.05) is 5.32 Å². The molecule has 0 aliphatic heterocycles. The minimum Gasteiger partial charge on any atom is -0.350 e. The molecule has 4 aromatic rings. The second-order valence-corrected chi connectivity index (χ2v) is 6.01. The summed E-state index contributed by atoms with van der Waals surface area (Å²) in [5.41, 5.74) is 1.95. The Labute approximate surface area is 152 Å². The van der Waals surface area contributed by atoms with Crippen LogP contribution in [0.15, 0.2) is 65.3 Å².